The highest BCUT2D eigenvalue weighted by atomic mass is 35.5. The molecule has 0 amide bonds. The first-order valence-electron chi connectivity index (χ1n) is 8.90. The van der Waals surface area contributed by atoms with Crippen molar-refractivity contribution in [1.29, 1.82) is 0 Å². The molecule has 0 saturated carbocycles. The molecule has 2 atom stereocenters. The number of hydrogen-bond donors (Lipinski definition) is 1. The Morgan fingerprint density at radius 1 is 1.23 bits per heavy atom. The number of rotatable bonds is 5. The summed E-state index contributed by atoms with van der Waals surface area (Å²) in [6.07, 6.45) is -3.24. The molecule has 0 spiro atoms. The number of nitrogens with zero attached hydrogens (tertiary/aromatic N) is 2. The summed E-state index contributed by atoms with van der Waals surface area (Å²) in [7, 11) is 0. The van der Waals surface area contributed by atoms with Crippen LogP contribution in [0.1, 0.15) is 12.0 Å². The Labute approximate surface area is 194 Å². The SMILES string of the molecule is C=CC(F)(F)C1(c2cc(Cl)c(Cl)c(Cl)c2)CCN(C2=CN=C(C(F)(F)F)C(CO)S2)C1. The number of alkyl halides is 5. The maximum atomic E-state index is 15.2. The number of allylic oxidation sites excluding steroid dienone is 1. The van der Waals surface area contributed by atoms with E-state index in [4.69, 9.17) is 34.8 Å². The quantitative estimate of drug-likeness (QED) is 0.280. The fourth-order valence-electron chi connectivity index (χ4n) is 3.70. The van der Waals surface area contributed by atoms with Gasteiger partial charge in [0.05, 0.1) is 43.6 Å². The molecule has 3 rings (SSSR count). The van der Waals surface area contributed by atoms with E-state index < -0.39 is 35.1 Å². The summed E-state index contributed by atoms with van der Waals surface area (Å²) in [5, 5.41) is 8.34. The van der Waals surface area contributed by atoms with Crippen LogP contribution in [0.2, 0.25) is 15.1 Å². The summed E-state index contributed by atoms with van der Waals surface area (Å²) in [6.45, 7) is 2.30. The fourth-order valence-corrected chi connectivity index (χ4v) is 5.39. The minimum Gasteiger partial charge on any atom is -0.395 e. The number of benzene rings is 1. The van der Waals surface area contributed by atoms with Crippen molar-refractivity contribution in [2.45, 2.75) is 29.2 Å². The molecule has 0 aliphatic carbocycles. The lowest BCUT2D eigenvalue weighted by Crippen LogP contribution is -2.46. The van der Waals surface area contributed by atoms with Crippen LogP contribution in [-0.2, 0) is 5.41 Å². The van der Waals surface area contributed by atoms with Crippen LogP contribution in [-0.4, -0.2) is 52.8 Å². The highest BCUT2D eigenvalue weighted by Gasteiger charge is 2.57. The fraction of sp³-hybridized carbons (Fsp3) is 0.421. The van der Waals surface area contributed by atoms with E-state index in [9.17, 15) is 18.3 Å². The van der Waals surface area contributed by atoms with Crippen molar-refractivity contribution in [2.75, 3.05) is 19.7 Å². The normalized spacial score (nSPS) is 24.8. The monoisotopic (exact) mass is 520 g/mol. The summed E-state index contributed by atoms with van der Waals surface area (Å²) in [6, 6.07) is 2.63. The van der Waals surface area contributed by atoms with Gasteiger partial charge in [-0.05, 0) is 30.2 Å². The molecule has 12 heteroatoms. The van der Waals surface area contributed by atoms with Gasteiger partial charge < -0.3 is 10.0 Å². The van der Waals surface area contributed by atoms with Crippen LogP contribution in [0, 0.1) is 0 Å². The van der Waals surface area contributed by atoms with Crippen LogP contribution >= 0.6 is 46.6 Å². The third-order valence-corrected chi connectivity index (χ3v) is 7.81. The molecule has 3 nitrogen and oxygen atoms in total. The zero-order valence-electron chi connectivity index (χ0n) is 15.7. The van der Waals surface area contributed by atoms with Crippen LogP contribution in [0.15, 0.2) is 41.0 Å². The van der Waals surface area contributed by atoms with E-state index in [2.05, 4.69) is 11.6 Å². The molecule has 2 aliphatic rings. The summed E-state index contributed by atoms with van der Waals surface area (Å²) in [4.78, 5) is 4.97. The van der Waals surface area contributed by atoms with E-state index in [1.165, 1.54) is 17.0 Å². The Morgan fingerprint density at radius 2 is 1.84 bits per heavy atom. The molecule has 0 radical (unpaired) electrons. The van der Waals surface area contributed by atoms with Crippen molar-refractivity contribution in [1.82, 2.24) is 4.90 Å². The van der Waals surface area contributed by atoms with E-state index in [0.29, 0.717) is 6.08 Å². The van der Waals surface area contributed by atoms with Gasteiger partial charge in [-0.3, -0.25) is 4.99 Å². The first-order valence-corrected chi connectivity index (χ1v) is 10.9. The molecule has 2 aliphatic heterocycles. The second kappa shape index (κ2) is 8.74. The van der Waals surface area contributed by atoms with Gasteiger partial charge >= 0.3 is 6.18 Å². The van der Waals surface area contributed by atoms with Gasteiger partial charge in [0.1, 0.15) is 5.71 Å². The van der Waals surface area contributed by atoms with Crippen LogP contribution in [0.25, 0.3) is 0 Å². The molecule has 1 aromatic carbocycles. The van der Waals surface area contributed by atoms with Crippen molar-refractivity contribution >= 4 is 52.3 Å². The maximum Gasteiger partial charge on any atom is 0.430 e. The third kappa shape index (κ3) is 4.44. The maximum absolute atomic E-state index is 15.2. The van der Waals surface area contributed by atoms with Gasteiger partial charge in [0.15, 0.2) is 0 Å². The van der Waals surface area contributed by atoms with Gasteiger partial charge in [-0.25, -0.2) is 8.78 Å². The molecule has 1 fully saturated rings. The Morgan fingerprint density at radius 3 is 2.35 bits per heavy atom. The van der Waals surface area contributed by atoms with E-state index in [0.717, 1.165) is 18.0 Å². The zero-order chi connectivity index (χ0) is 23.2. The Bertz CT molecular complexity index is 930. The van der Waals surface area contributed by atoms with E-state index in [-0.39, 0.29) is 45.2 Å². The molecule has 0 aromatic heterocycles. The van der Waals surface area contributed by atoms with Gasteiger partial charge in [0.2, 0.25) is 0 Å². The molecule has 2 heterocycles. The molecular formula is C19H16Cl3F5N2OS. The van der Waals surface area contributed by atoms with E-state index >= 15 is 8.78 Å². The molecule has 170 valence electrons. The van der Waals surface area contributed by atoms with Crippen LogP contribution in [0.5, 0.6) is 0 Å². The van der Waals surface area contributed by atoms with Crippen LogP contribution in [0.3, 0.4) is 0 Å². The van der Waals surface area contributed by atoms with Crippen molar-refractivity contribution in [3.63, 3.8) is 0 Å². The molecule has 2 unspecified atom stereocenters. The summed E-state index contributed by atoms with van der Waals surface area (Å²) in [5.74, 6) is -3.39. The highest BCUT2D eigenvalue weighted by molar-refractivity contribution is 8.04. The Kier molecular flexibility index (Phi) is 6.95. The Balaban J connectivity index is 2.01. The standard InChI is InChI=1S/C19H16Cl3F5N2OS/c1-2-18(23,24)17(10-5-11(20)15(22)12(21)6-10)3-4-29(9-17)14-7-28-16(19(25,26)27)13(8-30)31-14/h2,5-7,13,30H,1,3-4,8-9H2. The number of thioether (sulfide) groups is 1. The molecule has 1 aromatic rings. The van der Waals surface area contributed by atoms with Gasteiger partial charge in [0.25, 0.3) is 5.92 Å². The second-order valence-electron chi connectivity index (χ2n) is 7.10. The van der Waals surface area contributed by atoms with Gasteiger partial charge in [0, 0.05) is 13.1 Å². The number of halogens is 8. The van der Waals surface area contributed by atoms with Crippen LogP contribution < -0.4 is 0 Å². The van der Waals surface area contributed by atoms with E-state index in [1.807, 2.05) is 0 Å². The Hall–Kier alpha value is -1.00. The first-order chi connectivity index (χ1) is 14.4. The molecule has 1 saturated heterocycles. The molecule has 31 heavy (non-hydrogen) atoms. The summed E-state index contributed by atoms with van der Waals surface area (Å²) < 4.78 is 69.6. The first kappa shape index (κ1) is 24.6. The van der Waals surface area contributed by atoms with Crippen molar-refractivity contribution in [2.24, 2.45) is 4.99 Å². The van der Waals surface area contributed by atoms with E-state index in [1.54, 1.807) is 0 Å². The van der Waals surface area contributed by atoms with Crippen molar-refractivity contribution in [3.05, 3.63) is 56.6 Å². The molecular weight excluding hydrogens is 506 g/mol. The predicted octanol–water partition coefficient (Wildman–Crippen LogP) is 6.32. The lowest BCUT2D eigenvalue weighted by atomic mass is 9.74. The van der Waals surface area contributed by atoms with Crippen molar-refractivity contribution in [3.8, 4) is 0 Å². The van der Waals surface area contributed by atoms with Gasteiger partial charge in [-0.2, -0.15) is 13.2 Å². The average Bonchev–Trinajstić information content (AvgIpc) is 3.18. The minimum atomic E-state index is -4.70. The number of likely N-dealkylation sites (tertiary alicyclic amines) is 1. The van der Waals surface area contributed by atoms with Gasteiger partial charge in [-0.1, -0.05) is 53.1 Å². The summed E-state index contributed by atoms with van der Waals surface area (Å²) in [5.41, 5.74) is -2.78. The zero-order valence-corrected chi connectivity index (χ0v) is 18.8. The number of hydrogen-bond acceptors (Lipinski definition) is 4. The number of aliphatic hydroxyl groups is 1. The number of aliphatic imine (C=N–C) groups is 1. The smallest absolute Gasteiger partial charge is 0.395 e. The van der Waals surface area contributed by atoms with Crippen LogP contribution in [0.4, 0.5) is 22.0 Å². The topological polar surface area (TPSA) is 35.8 Å². The third-order valence-electron chi connectivity index (χ3n) is 5.35. The summed E-state index contributed by atoms with van der Waals surface area (Å²) >= 11 is 18.8. The lowest BCUT2D eigenvalue weighted by Gasteiger charge is -2.37. The minimum absolute atomic E-state index is 0.00729. The lowest BCUT2D eigenvalue weighted by molar-refractivity contribution is -0.0607. The van der Waals surface area contributed by atoms with Gasteiger partial charge in [-0.15, -0.1) is 0 Å². The highest BCUT2D eigenvalue weighted by Crippen LogP contribution is 2.51. The molecule has 0 bridgehead atoms. The number of aliphatic hydroxyl groups excluding tert-OH is 1. The predicted molar refractivity (Wildman–Crippen MR) is 115 cm³/mol. The largest absolute Gasteiger partial charge is 0.430 e. The second-order valence-corrected chi connectivity index (χ2v) is 9.52. The molecule has 1 N–H and O–H groups in total. The van der Waals surface area contributed by atoms with Crippen molar-refractivity contribution < 1.29 is 27.1 Å². The average molecular weight is 522 g/mol.